The minimum Gasteiger partial charge on any atom is -0.462 e. The first-order valence-corrected chi connectivity index (χ1v) is 14.6. The van der Waals surface area contributed by atoms with Crippen molar-refractivity contribution < 1.29 is 9.53 Å². The van der Waals surface area contributed by atoms with E-state index in [2.05, 4.69) is 54.5 Å². The summed E-state index contributed by atoms with van der Waals surface area (Å²) >= 11 is 0. The van der Waals surface area contributed by atoms with Gasteiger partial charge in [0.15, 0.2) is 0 Å². The van der Waals surface area contributed by atoms with E-state index in [4.69, 9.17) is 4.74 Å². The largest absolute Gasteiger partial charge is 0.462 e. The number of carbonyl (C=O) groups excluding carboxylic acids is 1. The first-order valence-electron chi connectivity index (χ1n) is 14.6. The van der Waals surface area contributed by atoms with E-state index >= 15 is 0 Å². The van der Waals surface area contributed by atoms with Crippen molar-refractivity contribution in [3.8, 4) is 0 Å². The third kappa shape index (κ3) is 4.34. The molecule has 0 aliphatic heterocycles. The molecule has 4 aliphatic carbocycles. The van der Waals surface area contributed by atoms with E-state index in [1.54, 1.807) is 12.5 Å². The molecule has 0 N–H and O–H groups in total. The maximum Gasteiger partial charge on any atom is 0.302 e. The third-order valence-corrected chi connectivity index (χ3v) is 11.5. The van der Waals surface area contributed by atoms with Gasteiger partial charge in [0.25, 0.3) is 0 Å². The molecule has 0 saturated heterocycles. The highest BCUT2D eigenvalue weighted by molar-refractivity contribution is 5.66. The summed E-state index contributed by atoms with van der Waals surface area (Å²) in [5, 5.41) is 0. The Bertz CT molecular complexity index is 834. The number of fused-ring (bicyclic) bond motifs is 4. The van der Waals surface area contributed by atoms with Crippen LogP contribution in [0, 0.1) is 46.3 Å². The number of hydrogen-bond acceptors (Lipinski definition) is 2. The van der Waals surface area contributed by atoms with Crippen LogP contribution >= 0.6 is 0 Å². The number of esters is 1. The van der Waals surface area contributed by atoms with Gasteiger partial charge in [-0.3, -0.25) is 4.79 Å². The molecular formula is C32H52O2. The highest BCUT2D eigenvalue weighted by Crippen LogP contribution is 2.66. The van der Waals surface area contributed by atoms with Crippen molar-refractivity contribution >= 4 is 5.97 Å². The van der Waals surface area contributed by atoms with Gasteiger partial charge in [0, 0.05) is 6.92 Å². The summed E-state index contributed by atoms with van der Waals surface area (Å²) in [7, 11) is 0. The molecule has 0 radical (unpaired) electrons. The lowest BCUT2D eigenvalue weighted by Crippen LogP contribution is -2.49. The highest BCUT2D eigenvalue weighted by Gasteiger charge is 2.57. The molecule has 34 heavy (non-hydrogen) atoms. The van der Waals surface area contributed by atoms with Gasteiger partial charge in [-0.1, -0.05) is 64.3 Å². The topological polar surface area (TPSA) is 26.3 Å². The van der Waals surface area contributed by atoms with Gasteiger partial charge in [0.2, 0.25) is 0 Å². The monoisotopic (exact) mass is 468 g/mol. The van der Waals surface area contributed by atoms with Crippen molar-refractivity contribution in [1.29, 1.82) is 0 Å². The Morgan fingerprint density at radius 3 is 2.47 bits per heavy atom. The molecule has 4 rings (SSSR count). The average molecular weight is 469 g/mol. The fourth-order valence-corrected chi connectivity index (χ4v) is 9.61. The zero-order chi connectivity index (χ0) is 24.8. The second-order valence-corrected chi connectivity index (χ2v) is 13.4. The molecule has 4 aliphatic rings. The quantitative estimate of drug-likeness (QED) is 0.287. The van der Waals surface area contributed by atoms with Crippen molar-refractivity contribution in [3.05, 3.63) is 22.8 Å². The lowest BCUT2D eigenvalue weighted by molar-refractivity contribution is -0.155. The second kappa shape index (κ2) is 9.78. The Kier molecular flexibility index (Phi) is 7.48. The summed E-state index contributed by atoms with van der Waals surface area (Å²) in [6.07, 6.45) is 15.5. The van der Waals surface area contributed by atoms with Crippen LogP contribution in [0.25, 0.3) is 0 Å². The smallest absolute Gasteiger partial charge is 0.302 e. The lowest BCUT2D eigenvalue weighted by Gasteiger charge is -2.57. The van der Waals surface area contributed by atoms with E-state index in [-0.39, 0.29) is 12.1 Å². The molecule has 2 fully saturated rings. The SMILES string of the molecule is C/C=C(/CC[C@@H](C)[C@H]1CC[C@H]2C3=C(CC[C@]12C)[C@@]1(C)CC[C@H](OC(C)=O)[C@@H](C)[C@@H]1CC3)C(C)C. The predicted molar refractivity (Wildman–Crippen MR) is 142 cm³/mol. The fraction of sp³-hybridized carbons (Fsp3) is 0.844. The molecule has 192 valence electrons. The predicted octanol–water partition coefficient (Wildman–Crippen LogP) is 8.91. The normalized spacial score (nSPS) is 41.1. The van der Waals surface area contributed by atoms with Crippen LogP contribution < -0.4 is 0 Å². The molecule has 2 heteroatoms. The van der Waals surface area contributed by atoms with Crippen molar-refractivity contribution in [2.24, 2.45) is 46.3 Å². The van der Waals surface area contributed by atoms with Crippen LogP contribution in [-0.2, 0) is 9.53 Å². The van der Waals surface area contributed by atoms with Gasteiger partial charge in [-0.25, -0.2) is 0 Å². The van der Waals surface area contributed by atoms with Crippen LogP contribution in [0.2, 0.25) is 0 Å². The Hall–Kier alpha value is -1.05. The molecule has 0 heterocycles. The minimum absolute atomic E-state index is 0.106. The van der Waals surface area contributed by atoms with E-state index in [1.807, 2.05) is 11.1 Å². The van der Waals surface area contributed by atoms with Crippen LogP contribution in [0.1, 0.15) is 120 Å². The van der Waals surface area contributed by atoms with Gasteiger partial charge < -0.3 is 4.74 Å². The van der Waals surface area contributed by atoms with E-state index in [0.29, 0.717) is 28.6 Å². The van der Waals surface area contributed by atoms with E-state index in [9.17, 15) is 4.79 Å². The first kappa shape index (κ1) is 26.0. The van der Waals surface area contributed by atoms with E-state index in [0.717, 1.165) is 24.2 Å². The Balaban J connectivity index is 1.52. The highest BCUT2D eigenvalue weighted by atomic mass is 16.5. The van der Waals surface area contributed by atoms with Crippen LogP contribution in [0.5, 0.6) is 0 Å². The van der Waals surface area contributed by atoms with E-state index in [1.165, 1.54) is 57.8 Å². The number of ether oxygens (including phenoxy) is 1. The Labute approximate surface area is 210 Å². The number of hydrogen-bond donors (Lipinski definition) is 0. The molecule has 0 spiro atoms. The molecule has 0 aromatic heterocycles. The van der Waals surface area contributed by atoms with Crippen molar-refractivity contribution in [1.82, 2.24) is 0 Å². The zero-order valence-electron chi connectivity index (χ0n) is 23.5. The molecular weight excluding hydrogens is 416 g/mol. The van der Waals surface area contributed by atoms with Gasteiger partial charge in [-0.05, 0) is 117 Å². The number of rotatable bonds is 6. The standard InChI is InChI=1S/C32H52O2/c1-9-24(20(2)3)11-10-21(4)26-14-15-28-25-12-13-27-22(5)30(34-23(6)33)17-19-32(27,8)29(25)16-18-31(26,28)7/h9,20-22,26-28,30H,10-19H2,1-8H3/b24-9-/t21-,22+,26-,27+,28+,30+,31-,32+/m1/s1. The first-order chi connectivity index (χ1) is 16.0. The summed E-state index contributed by atoms with van der Waals surface area (Å²) in [4.78, 5) is 11.7. The molecule has 0 aromatic rings. The molecule has 0 amide bonds. The summed E-state index contributed by atoms with van der Waals surface area (Å²) < 4.78 is 5.76. The zero-order valence-corrected chi connectivity index (χ0v) is 23.5. The minimum atomic E-state index is -0.106. The van der Waals surface area contributed by atoms with Crippen molar-refractivity contribution in [2.75, 3.05) is 0 Å². The van der Waals surface area contributed by atoms with Crippen LogP contribution in [0.4, 0.5) is 0 Å². The maximum atomic E-state index is 11.7. The van der Waals surface area contributed by atoms with Gasteiger partial charge in [0.1, 0.15) is 6.10 Å². The summed E-state index contributed by atoms with van der Waals surface area (Å²) in [5.41, 5.74) is 6.20. The molecule has 0 unspecified atom stereocenters. The van der Waals surface area contributed by atoms with Crippen LogP contribution in [0.15, 0.2) is 22.8 Å². The van der Waals surface area contributed by atoms with Crippen molar-refractivity contribution in [2.45, 2.75) is 126 Å². The maximum absolute atomic E-state index is 11.7. The van der Waals surface area contributed by atoms with Crippen LogP contribution in [0.3, 0.4) is 0 Å². The number of carbonyl (C=O) groups is 1. The average Bonchev–Trinajstić information content (AvgIpc) is 3.13. The van der Waals surface area contributed by atoms with Gasteiger partial charge in [-0.15, -0.1) is 0 Å². The molecule has 0 bridgehead atoms. The molecule has 2 nitrogen and oxygen atoms in total. The van der Waals surface area contributed by atoms with E-state index < -0.39 is 0 Å². The van der Waals surface area contributed by atoms with Crippen LogP contribution in [-0.4, -0.2) is 12.1 Å². The lowest BCUT2D eigenvalue weighted by atomic mass is 9.49. The molecule has 8 atom stereocenters. The summed E-state index contributed by atoms with van der Waals surface area (Å²) in [6.45, 7) is 18.7. The van der Waals surface area contributed by atoms with Crippen molar-refractivity contribution in [3.63, 3.8) is 0 Å². The van der Waals surface area contributed by atoms with Gasteiger partial charge in [0.05, 0.1) is 0 Å². The van der Waals surface area contributed by atoms with Gasteiger partial charge >= 0.3 is 5.97 Å². The summed E-state index contributed by atoms with van der Waals surface area (Å²) in [6, 6.07) is 0. The second-order valence-electron chi connectivity index (χ2n) is 13.4. The third-order valence-electron chi connectivity index (χ3n) is 11.5. The molecule has 2 saturated carbocycles. The Morgan fingerprint density at radius 2 is 1.82 bits per heavy atom. The Morgan fingerprint density at radius 1 is 1.09 bits per heavy atom. The number of allylic oxidation sites excluding steroid dienone is 4. The summed E-state index contributed by atoms with van der Waals surface area (Å²) in [5.74, 6) is 4.22. The molecule has 0 aromatic carbocycles. The fourth-order valence-electron chi connectivity index (χ4n) is 9.61. The van der Waals surface area contributed by atoms with Gasteiger partial charge in [-0.2, -0.15) is 0 Å².